The molecule has 0 aliphatic heterocycles. The van der Waals surface area contributed by atoms with Crippen molar-refractivity contribution in [2.75, 3.05) is 26.4 Å². The van der Waals surface area contributed by atoms with Crippen molar-refractivity contribution >= 4 is 19.8 Å². The zero-order valence-corrected chi connectivity index (χ0v) is 42.3. The SMILES string of the molecule is CC/C=C\C/C=C\C/C=C\C/C=C\C/C=C\C/C=C\C/C=C\C/C=C\C/C=C\C/C=C\CCCCCCCCC(=O)OC(COC(=O)CCCCCCCCCC)COP(=O)(O)OCCN. The number of phosphoric ester groups is 1. The Morgan fingerprint density at radius 2 is 0.833 bits per heavy atom. The van der Waals surface area contributed by atoms with Gasteiger partial charge in [-0.15, -0.1) is 0 Å². The summed E-state index contributed by atoms with van der Waals surface area (Å²) < 4.78 is 32.7. The van der Waals surface area contributed by atoms with Gasteiger partial charge in [-0.2, -0.15) is 0 Å². The maximum atomic E-state index is 12.6. The summed E-state index contributed by atoms with van der Waals surface area (Å²) >= 11 is 0. The van der Waals surface area contributed by atoms with Gasteiger partial charge in [-0.25, -0.2) is 4.57 Å². The summed E-state index contributed by atoms with van der Waals surface area (Å²) in [5.74, 6) is -0.859. The lowest BCUT2D eigenvalue weighted by Gasteiger charge is -2.19. The first-order valence-corrected chi connectivity index (χ1v) is 27.0. The van der Waals surface area contributed by atoms with Crippen molar-refractivity contribution < 1.29 is 37.6 Å². The first-order chi connectivity index (χ1) is 32.3. The molecule has 2 atom stereocenters. The van der Waals surface area contributed by atoms with Gasteiger partial charge in [-0.3, -0.25) is 18.6 Å². The predicted octanol–water partition coefficient (Wildman–Crippen LogP) is 15.7. The van der Waals surface area contributed by atoms with Crippen molar-refractivity contribution in [3.8, 4) is 0 Å². The number of nitrogens with two attached hydrogens (primary N) is 1. The molecule has 0 saturated heterocycles. The topological polar surface area (TPSA) is 134 Å². The van der Waals surface area contributed by atoms with Gasteiger partial charge in [-0.05, 0) is 89.9 Å². The second-order valence-corrected chi connectivity index (χ2v) is 17.8. The quantitative estimate of drug-likeness (QED) is 0.0265. The molecule has 10 heteroatoms. The van der Waals surface area contributed by atoms with E-state index in [4.69, 9.17) is 24.3 Å². The summed E-state index contributed by atoms with van der Waals surface area (Å²) in [5.41, 5.74) is 5.34. The number of carbonyl (C=O) groups excluding carboxylic acids is 2. The molecule has 0 aliphatic rings. The predicted molar refractivity (Wildman–Crippen MR) is 279 cm³/mol. The highest BCUT2D eigenvalue weighted by atomic mass is 31.2. The Kier molecular flexibility index (Phi) is 48.1. The monoisotopic (exact) mass is 938 g/mol. The molecular formula is C56H92NO8P. The molecule has 3 N–H and O–H groups in total. The van der Waals surface area contributed by atoms with Gasteiger partial charge in [0, 0.05) is 19.4 Å². The van der Waals surface area contributed by atoms with Crippen LogP contribution in [0.5, 0.6) is 0 Å². The molecule has 0 radical (unpaired) electrons. The molecule has 0 aromatic heterocycles. The van der Waals surface area contributed by atoms with Gasteiger partial charge in [0.15, 0.2) is 6.10 Å². The molecule has 2 unspecified atom stereocenters. The molecule has 0 aromatic carbocycles. The fourth-order valence-corrected chi connectivity index (χ4v) is 7.13. The standard InChI is InChI=1S/C56H92NO8P/c1-3-5-7-9-11-13-14-15-16-17-18-19-20-21-22-23-24-25-26-27-28-29-30-31-32-33-34-35-36-37-38-39-40-41-43-45-47-49-56(59)65-54(53-64-66(60,61)63-51-50-57)52-62-55(58)48-46-44-42-12-10-8-6-4-2/h5,7,11,13,15-16,18-19,21-22,24-25,27-28,30-31,33-34,36-37,54H,3-4,6,8-10,12,14,17,20,23,26,29,32,35,38-53,57H2,1-2H3,(H,60,61)/b7-5-,13-11-,16-15-,19-18-,22-21-,25-24-,28-27-,31-30-,34-33-,37-36-. The van der Waals surface area contributed by atoms with Crippen LogP contribution in [0.1, 0.15) is 187 Å². The number of esters is 2. The van der Waals surface area contributed by atoms with Crippen molar-refractivity contribution in [3.63, 3.8) is 0 Å². The molecule has 66 heavy (non-hydrogen) atoms. The third-order valence-corrected chi connectivity index (χ3v) is 11.1. The van der Waals surface area contributed by atoms with Crippen molar-refractivity contribution in [1.82, 2.24) is 0 Å². The average Bonchev–Trinajstić information content (AvgIpc) is 3.31. The highest BCUT2D eigenvalue weighted by molar-refractivity contribution is 7.47. The Hall–Kier alpha value is -3.59. The van der Waals surface area contributed by atoms with Crippen LogP contribution in [0, 0.1) is 0 Å². The number of hydrogen-bond acceptors (Lipinski definition) is 8. The summed E-state index contributed by atoms with van der Waals surface area (Å²) in [7, 11) is -4.38. The third-order valence-electron chi connectivity index (χ3n) is 10.1. The Balaban J connectivity index is 4.00. The molecule has 9 nitrogen and oxygen atoms in total. The molecule has 0 aromatic rings. The largest absolute Gasteiger partial charge is 0.472 e. The Morgan fingerprint density at radius 3 is 1.24 bits per heavy atom. The second kappa shape index (κ2) is 50.8. The minimum Gasteiger partial charge on any atom is -0.462 e. The minimum atomic E-state index is -4.38. The summed E-state index contributed by atoms with van der Waals surface area (Å²) in [6.45, 7) is 3.54. The number of ether oxygens (including phenoxy) is 2. The molecule has 0 bridgehead atoms. The van der Waals surface area contributed by atoms with Crippen molar-refractivity contribution in [3.05, 3.63) is 122 Å². The van der Waals surface area contributed by atoms with Crippen LogP contribution in [0.25, 0.3) is 0 Å². The third kappa shape index (κ3) is 49.8. The van der Waals surface area contributed by atoms with Crippen LogP contribution in [0.4, 0.5) is 0 Å². The number of unbranched alkanes of at least 4 members (excludes halogenated alkanes) is 13. The second-order valence-electron chi connectivity index (χ2n) is 16.3. The van der Waals surface area contributed by atoms with Crippen molar-refractivity contribution in [2.24, 2.45) is 5.73 Å². The fraction of sp³-hybridized carbons (Fsp3) is 0.607. The van der Waals surface area contributed by atoms with Crippen LogP contribution in [-0.4, -0.2) is 49.3 Å². The van der Waals surface area contributed by atoms with E-state index in [0.29, 0.717) is 6.42 Å². The van der Waals surface area contributed by atoms with Gasteiger partial charge >= 0.3 is 19.8 Å². The summed E-state index contributed by atoms with van der Waals surface area (Å²) in [5, 5.41) is 0. The number of hydrogen-bond donors (Lipinski definition) is 2. The van der Waals surface area contributed by atoms with Crippen LogP contribution in [0.3, 0.4) is 0 Å². The van der Waals surface area contributed by atoms with Crippen LogP contribution in [0.2, 0.25) is 0 Å². The molecule has 0 spiro atoms. The Bertz CT molecular complexity index is 1490. The van der Waals surface area contributed by atoms with E-state index in [-0.39, 0.29) is 32.6 Å². The van der Waals surface area contributed by atoms with Crippen molar-refractivity contribution in [1.29, 1.82) is 0 Å². The van der Waals surface area contributed by atoms with Crippen molar-refractivity contribution in [2.45, 2.75) is 193 Å². The summed E-state index contributed by atoms with van der Waals surface area (Å²) in [4.78, 5) is 34.8. The molecule has 0 rings (SSSR count). The maximum absolute atomic E-state index is 12.6. The number of rotatable bonds is 46. The van der Waals surface area contributed by atoms with Gasteiger partial charge < -0.3 is 20.1 Å². The minimum absolute atomic E-state index is 0.0455. The fourth-order valence-electron chi connectivity index (χ4n) is 6.37. The molecule has 0 heterocycles. The van der Waals surface area contributed by atoms with Gasteiger partial charge in [-0.1, -0.05) is 206 Å². The maximum Gasteiger partial charge on any atom is 0.472 e. The number of allylic oxidation sites excluding steroid dienone is 20. The van der Waals surface area contributed by atoms with Crippen LogP contribution in [0.15, 0.2) is 122 Å². The lowest BCUT2D eigenvalue weighted by molar-refractivity contribution is -0.161. The smallest absolute Gasteiger partial charge is 0.462 e. The highest BCUT2D eigenvalue weighted by Gasteiger charge is 2.26. The molecular weight excluding hydrogens is 846 g/mol. The van der Waals surface area contributed by atoms with E-state index in [1.54, 1.807) is 0 Å². The van der Waals surface area contributed by atoms with Gasteiger partial charge in [0.05, 0.1) is 13.2 Å². The van der Waals surface area contributed by atoms with E-state index in [2.05, 4.69) is 135 Å². The molecule has 0 saturated carbocycles. The average molecular weight is 938 g/mol. The normalized spacial score (nSPS) is 14.2. The molecule has 0 fully saturated rings. The number of phosphoric acid groups is 1. The highest BCUT2D eigenvalue weighted by Crippen LogP contribution is 2.43. The van der Waals surface area contributed by atoms with Crippen LogP contribution >= 0.6 is 7.82 Å². The zero-order valence-electron chi connectivity index (χ0n) is 41.4. The Morgan fingerprint density at radius 1 is 0.470 bits per heavy atom. The first kappa shape index (κ1) is 62.4. The molecule has 0 amide bonds. The zero-order chi connectivity index (χ0) is 48.1. The summed E-state index contributed by atoms with van der Waals surface area (Å²) in [6, 6.07) is 0. The van der Waals surface area contributed by atoms with Gasteiger partial charge in [0.25, 0.3) is 0 Å². The van der Waals surface area contributed by atoms with Gasteiger partial charge in [0.1, 0.15) is 6.61 Å². The van der Waals surface area contributed by atoms with E-state index in [0.717, 1.165) is 122 Å². The lowest BCUT2D eigenvalue weighted by Crippen LogP contribution is -2.29. The molecule has 374 valence electrons. The van der Waals surface area contributed by atoms with E-state index in [1.165, 1.54) is 32.1 Å². The van der Waals surface area contributed by atoms with E-state index >= 15 is 0 Å². The van der Waals surface area contributed by atoms with Crippen LogP contribution < -0.4 is 5.73 Å². The van der Waals surface area contributed by atoms with E-state index in [9.17, 15) is 19.0 Å². The van der Waals surface area contributed by atoms with E-state index < -0.39 is 32.5 Å². The van der Waals surface area contributed by atoms with E-state index in [1.807, 2.05) is 0 Å². The summed E-state index contributed by atoms with van der Waals surface area (Å²) in [6.07, 6.45) is 69.8. The lowest BCUT2D eigenvalue weighted by atomic mass is 10.1. The van der Waals surface area contributed by atoms with Gasteiger partial charge in [0.2, 0.25) is 0 Å². The van der Waals surface area contributed by atoms with Crippen LogP contribution in [-0.2, 0) is 32.7 Å². The molecule has 0 aliphatic carbocycles. The Labute approximate surface area is 402 Å². The first-order valence-electron chi connectivity index (χ1n) is 25.5. The number of carbonyl (C=O) groups is 2.